The number of fused-ring (bicyclic) bond motifs is 1. The van der Waals surface area contributed by atoms with Crippen LogP contribution >= 0.6 is 11.6 Å². The molecule has 0 saturated carbocycles. The standard InChI is InChI=1S/C34H40ClFN8O/c1-4-30(45)42-12-9-25(10-13-42)44-21(3)31(32-26(17-37)27(38)15-20(2)33(32)35)34(40-44)23-5-6-28-22(16-23)7-14-43(28)29(39)19-41-11-8-24(36)18-41/h4-6,15-17,24-25,37,39H,1,7-14,18-19,38H2,2-3H3/t24-/m0/s1. The molecule has 4 heterocycles. The third kappa shape index (κ3) is 5.66. The monoisotopic (exact) mass is 630 g/mol. The Bertz CT molecular complexity index is 1690. The second kappa shape index (κ2) is 12.4. The summed E-state index contributed by atoms with van der Waals surface area (Å²) in [5, 5.41) is 22.8. The van der Waals surface area contributed by atoms with E-state index in [1.54, 1.807) is 6.07 Å². The number of alkyl halides is 1. The van der Waals surface area contributed by atoms with Crippen molar-refractivity contribution in [2.45, 2.75) is 51.7 Å². The van der Waals surface area contributed by atoms with Gasteiger partial charge in [0.1, 0.15) is 17.7 Å². The van der Waals surface area contributed by atoms with Gasteiger partial charge in [0.15, 0.2) is 0 Å². The van der Waals surface area contributed by atoms with E-state index in [4.69, 9.17) is 33.3 Å². The van der Waals surface area contributed by atoms with Crippen LogP contribution in [0.2, 0.25) is 5.02 Å². The van der Waals surface area contributed by atoms with Crippen molar-refractivity contribution in [2.75, 3.05) is 49.9 Å². The van der Waals surface area contributed by atoms with Crippen LogP contribution in [0.15, 0.2) is 36.9 Å². The lowest BCUT2D eigenvalue weighted by Gasteiger charge is -2.32. The molecule has 2 aromatic carbocycles. The summed E-state index contributed by atoms with van der Waals surface area (Å²) >= 11 is 7.00. The van der Waals surface area contributed by atoms with Crippen molar-refractivity contribution in [3.63, 3.8) is 0 Å². The zero-order valence-electron chi connectivity index (χ0n) is 25.9. The molecule has 4 N–H and O–H groups in total. The van der Waals surface area contributed by atoms with Gasteiger partial charge in [-0.25, -0.2) is 4.39 Å². The number of nitrogens with zero attached hydrogens (tertiary/aromatic N) is 5. The van der Waals surface area contributed by atoms with Crippen molar-refractivity contribution < 1.29 is 9.18 Å². The Morgan fingerprint density at radius 1 is 1.16 bits per heavy atom. The zero-order valence-corrected chi connectivity index (χ0v) is 26.6. The highest BCUT2D eigenvalue weighted by atomic mass is 35.5. The fourth-order valence-electron chi connectivity index (χ4n) is 7.13. The minimum atomic E-state index is -0.809. The first kappa shape index (κ1) is 31.0. The number of likely N-dealkylation sites (tertiary alicyclic amines) is 2. The molecule has 236 valence electrons. The van der Waals surface area contributed by atoms with E-state index in [1.165, 1.54) is 12.3 Å². The van der Waals surface area contributed by atoms with Gasteiger partial charge in [0.05, 0.1) is 17.6 Å². The molecule has 0 bridgehead atoms. The topological polar surface area (TPSA) is 118 Å². The van der Waals surface area contributed by atoms with Crippen molar-refractivity contribution in [3.8, 4) is 22.4 Å². The average Bonchev–Trinajstić information content (AvgIpc) is 3.74. The molecule has 3 aliphatic rings. The number of aryl methyl sites for hydroxylation is 1. The number of rotatable bonds is 7. The average molecular weight is 631 g/mol. The molecule has 3 aromatic rings. The van der Waals surface area contributed by atoms with Crippen molar-refractivity contribution >= 4 is 40.9 Å². The SMILES string of the molecule is C=CC(=O)N1CCC(n2nc(-c3ccc4c(c3)CCN4C(=N)CN3CC[C@H](F)C3)c(-c3c(Cl)c(C)cc(N)c3C=N)c2C)CC1. The normalized spacial score (nSPS) is 18.8. The largest absolute Gasteiger partial charge is 0.398 e. The number of carbonyl (C=O) groups excluding carboxylic acids is 1. The number of aromatic nitrogens is 2. The summed E-state index contributed by atoms with van der Waals surface area (Å²) in [4.78, 5) is 18.1. The van der Waals surface area contributed by atoms with E-state index in [2.05, 4.69) is 23.4 Å². The highest BCUT2D eigenvalue weighted by Gasteiger charge is 2.31. The van der Waals surface area contributed by atoms with Crippen molar-refractivity contribution in [1.82, 2.24) is 19.6 Å². The van der Waals surface area contributed by atoms with E-state index in [0.29, 0.717) is 73.4 Å². The summed E-state index contributed by atoms with van der Waals surface area (Å²) < 4.78 is 15.8. The molecule has 1 aromatic heterocycles. The molecule has 45 heavy (non-hydrogen) atoms. The summed E-state index contributed by atoms with van der Waals surface area (Å²) in [6.07, 6.45) is 4.63. The van der Waals surface area contributed by atoms with Crippen LogP contribution in [0.5, 0.6) is 0 Å². The minimum absolute atomic E-state index is 0.0584. The summed E-state index contributed by atoms with van der Waals surface area (Å²) in [7, 11) is 0. The van der Waals surface area contributed by atoms with Crippen LogP contribution in [-0.2, 0) is 11.2 Å². The Morgan fingerprint density at radius 2 is 1.91 bits per heavy atom. The molecular formula is C34H40ClFN8O. The van der Waals surface area contributed by atoms with Crippen LogP contribution in [-0.4, -0.2) is 83.0 Å². The van der Waals surface area contributed by atoms with Gasteiger partial charge in [-0.15, -0.1) is 0 Å². The Labute approximate surface area is 268 Å². The number of nitrogens with two attached hydrogens (primary N) is 1. The number of halogens is 2. The fourth-order valence-corrected chi connectivity index (χ4v) is 7.38. The highest BCUT2D eigenvalue weighted by Crippen LogP contribution is 2.45. The van der Waals surface area contributed by atoms with Crippen LogP contribution in [0.1, 0.15) is 47.7 Å². The first-order chi connectivity index (χ1) is 21.6. The van der Waals surface area contributed by atoms with Crippen LogP contribution in [0.3, 0.4) is 0 Å². The van der Waals surface area contributed by atoms with Crippen LogP contribution in [0, 0.1) is 24.7 Å². The quantitative estimate of drug-likeness (QED) is 0.132. The molecule has 0 aliphatic carbocycles. The molecule has 6 rings (SSSR count). The van der Waals surface area contributed by atoms with Crippen molar-refractivity contribution in [1.29, 1.82) is 10.8 Å². The first-order valence-electron chi connectivity index (χ1n) is 15.6. The van der Waals surface area contributed by atoms with Crippen LogP contribution in [0.4, 0.5) is 15.8 Å². The number of nitrogen functional groups attached to an aromatic ring is 1. The lowest BCUT2D eigenvalue weighted by molar-refractivity contribution is -0.127. The van der Waals surface area contributed by atoms with Gasteiger partial charge in [-0.2, -0.15) is 5.10 Å². The van der Waals surface area contributed by atoms with Crippen LogP contribution < -0.4 is 10.6 Å². The first-order valence-corrected chi connectivity index (χ1v) is 15.9. The molecular weight excluding hydrogens is 591 g/mol. The molecule has 1 amide bonds. The summed E-state index contributed by atoms with van der Waals surface area (Å²) in [6, 6.07) is 8.11. The van der Waals surface area contributed by atoms with E-state index in [-0.39, 0.29) is 11.9 Å². The fraction of sp³-hybridized carbons (Fsp3) is 0.412. The van der Waals surface area contributed by atoms with Gasteiger partial charge in [-0.3, -0.25) is 19.8 Å². The van der Waals surface area contributed by atoms with E-state index in [0.717, 1.165) is 58.6 Å². The Kier molecular flexibility index (Phi) is 8.54. The number of amidine groups is 1. The number of piperidine rings is 1. The van der Waals surface area contributed by atoms with E-state index in [1.807, 2.05) is 34.6 Å². The molecule has 0 radical (unpaired) electrons. The summed E-state index contributed by atoms with van der Waals surface area (Å²) in [5.41, 5.74) is 14.6. The van der Waals surface area contributed by atoms with E-state index < -0.39 is 6.17 Å². The maximum atomic E-state index is 13.8. The number of anilines is 2. The van der Waals surface area contributed by atoms with Crippen LogP contribution in [0.25, 0.3) is 22.4 Å². The van der Waals surface area contributed by atoms with Crippen molar-refractivity contribution in [3.05, 3.63) is 64.3 Å². The van der Waals surface area contributed by atoms with Gasteiger partial charge in [-0.05, 0) is 74.9 Å². The number of hydrogen-bond acceptors (Lipinski definition) is 6. The third-order valence-electron chi connectivity index (χ3n) is 9.52. The van der Waals surface area contributed by atoms with Gasteiger partial charge in [0, 0.05) is 78.3 Å². The second-order valence-electron chi connectivity index (χ2n) is 12.4. The molecule has 3 aliphatic heterocycles. The van der Waals surface area contributed by atoms with E-state index in [9.17, 15) is 9.18 Å². The Morgan fingerprint density at radius 3 is 2.58 bits per heavy atom. The Hall–Kier alpha value is -4.02. The maximum Gasteiger partial charge on any atom is 0.245 e. The summed E-state index contributed by atoms with van der Waals surface area (Å²) in [5.74, 6) is 0.423. The lowest BCUT2D eigenvalue weighted by Crippen LogP contribution is -2.38. The van der Waals surface area contributed by atoms with Gasteiger partial charge in [0.25, 0.3) is 0 Å². The number of benzene rings is 2. The Balaban J connectivity index is 1.40. The third-order valence-corrected chi connectivity index (χ3v) is 10.0. The predicted octanol–water partition coefficient (Wildman–Crippen LogP) is 5.80. The number of amides is 1. The second-order valence-corrected chi connectivity index (χ2v) is 12.7. The smallest absolute Gasteiger partial charge is 0.245 e. The van der Waals surface area contributed by atoms with Crippen molar-refractivity contribution in [2.24, 2.45) is 0 Å². The molecule has 2 fully saturated rings. The summed E-state index contributed by atoms with van der Waals surface area (Å²) in [6.45, 7) is 11.0. The zero-order chi connectivity index (χ0) is 32.0. The molecule has 0 spiro atoms. The van der Waals surface area contributed by atoms with Gasteiger partial charge < -0.3 is 20.9 Å². The molecule has 11 heteroatoms. The number of nitrogens with one attached hydrogen (secondary N) is 2. The number of hydrogen-bond donors (Lipinski definition) is 3. The maximum absolute atomic E-state index is 13.8. The minimum Gasteiger partial charge on any atom is -0.398 e. The molecule has 9 nitrogen and oxygen atoms in total. The van der Waals surface area contributed by atoms with Gasteiger partial charge in [-0.1, -0.05) is 24.2 Å². The molecule has 1 atom stereocenters. The molecule has 0 unspecified atom stereocenters. The lowest BCUT2D eigenvalue weighted by atomic mass is 9.92. The number of carbonyl (C=O) groups is 1. The molecule has 2 saturated heterocycles. The highest BCUT2D eigenvalue weighted by molar-refractivity contribution is 6.35. The van der Waals surface area contributed by atoms with Gasteiger partial charge in [0.2, 0.25) is 5.91 Å². The van der Waals surface area contributed by atoms with Gasteiger partial charge >= 0.3 is 0 Å². The predicted molar refractivity (Wildman–Crippen MR) is 180 cm³/mol. The van der Waals surface area contributed by atoms with E-state index >= 15 is 0 Å².